The van der Waals surface area contributed by atoms with Gasteiger partial charge in [0.15, 0.2) is 6.29 Å². The SMILES string of the molecule is CC(C)C1=C[C@H]2C[C@]3(C=O)[C@@H]4CC[C@@H](C)[C@H]4C[C@@]2(CO[C@H]2CN(S(=O)(=O)C4CC4)C(C)CO2)[C@]13C(=O)O. The molecule has 9 atom stereocenters. The number of aliphatic carboxylic acids is 1. The van der Waals surface area contributed by atoms with Crippen molar-refractivity contribution in [2.75, 3.05) is 19.8 Å². The minimum Gasteiger partial charge on any atom is -0.481 e. The highest BCUT2D eigenvalue weighted by Crippen LogP contribution is 2.82. The second-order valence-electron chi connectivity index (χ2n) is 13.2. The van der Waals surface area contributed by atoms with Gasteiger partial charge >= 0.3 is 5.97 Å². The van der Waals surface area contributed by atoms with E-state index >= 15 is 0 Å². The van der Waals surface area contributed by atoms with Crippen LogP contribution in [-0.4, -0.2) is 67.4 Å². The Morgan fingerprint density at radius 3 is 2.59 bits per heavy atom. The Balaban J connectivity index is 1.36. The summed E-state index contributed by atoms with van der Waals surface area (Å²) in [6, 6.07) is -0.261. The van der Waals surface area contributed by atoms with E-state index in [1.165, 1.54) is 4.31 Å². The third-order valence-corrected chi connectivity index (χ3v) is 13.7. The van der Waals surface area contributed by atoms with Gasteiger partial charge in [-0.15, -0.1) is 0 Å². The zero-order valence-corrected chi connectivity index (χ0v) is 23.2. The zero-order chi connectivity index (χ0) is 26.5. The molecule has 37 heavy (non-hydrogen) atoms. The number of sulfonamides is 1. The summed E-state index contributed by atoms with van der Waals surface area (Å²) >= 11 is 0. The first-order chi connectivity index (χ1) is 17.5. The summed E-state index contributed by atoms with van der Waals surface area (Å²) in [5.41, 5.74) is -2.10. The molecule has 6 rings (SSSR count). The lowest BCUT2D eigenvalue weighted by atomic mass is 9.43. The van der Waals surface area contributed by atoms with Gasteiger partial charge in [-0.25, -0.2) is 8.42 Å². The minimum absolute atomic E-state index is 0.00133. The lowest BCUT2D eigenvalue weighted by Gasteiger charge is -2.58. The molecule has 8 nitrogen and oxygen atoms in total. The summed E-state index contributed by atoms with van der Waals surface area (Å²) in [7, 11) is -3.39. The van der Waals surface area contributed by atoms with Crippen LogP contribution in [0.5, 0.6) is 0 Å². The maximum Gasteiger partial charge on any atom is 0.315 e. The van der Waals surface area contributed by atoms with Crippen LogP contribution in [0.25, 0.3) is 0 Å². The maximum atomic E-state index is 13.5. The topological polar surface area (TPSA) is 110 Å². The van der Waals surface area contributed by atoms with E-state index in [1.54, 1.807) is 0 Å². The first-order valence-corrected chi connectivity index (χ1v) is 15.6. The van der Waals surface area contributed by atoms with Gasteiger partial charge in [0.25, 0.3) is 0 Å². The van der Waals surface area contributed by atoms with E-state index < -0.39 is 38.5 Å². The molecule has 0 aromatic rings. The molecule has 5 fully saturated rings. The second-order valence-corrected chi connectivity index (χ2v) is 15.4. The highest BCUT2D eigenvalue weighted by molar-refractivity contribution is 7.90. The molecular formula is C28H41NO7S. The fourth-order valence-corrected chi connectivity index (χ4v) is 11.6. The lowest BCUT2D eigenvalue weighted by Crippen LogP contribution is -2.64. The summed E-state index contributed by atoms with van der Waals surface area (Å²) in [4.78, 5) is 26.7. The fraction of sp³-hybridized carbons (Fsp3) is 0.857. The summed E-state index contributed by atoms with van der Waals surface area (Å²) in [5.74, 6) is -0.176. The second kappa shape index (κ2) is 8.35. The van der Waals surface area contributed by atoms with Crippen LogP contribution in [0.15, 0.2) is 11.6 Å². The van der Waals surface area contributed by atoms with Crippen molar-refractivity contribution in [3.8, 4) is 0 Å². The summed E-state index contributed by atoms with van der Waals surface area (Å²) in [6.45, 7) is 8.66. The van der Waals surface area contributed by atoms with Gasteiger partial charge in [0.1, 0.15) is 11.7 Å². The number of carbonyl (C=O) groups is 2. The number of fused-ring (bicyclic) bond motifs is 2. The number of rotatable bonds is 8. The molecule has 1 N–H and O–H groups in total. The molecule has 1 unspecified atom stereocenters. The fourth-order valence-electron chi connectivity index (χ4n) is 9.60. The predicted octanol–water partition coefficient (Wildman–Crippen LogP) is 3.47. The van der Waals surface area contributed by atoms with Gasteiger partial charge < -0.3 is 19.4 Å². The van der Waals surface area contributed by atoms with Crippen molar-refractivity contribution in [3.63, 3.8) is 0 Å². The van der Waals surface area contributed by atoms with Crippen LogP contribution in [0.2, 0.25) is 0 Å². The Labute approximate surface area is 220 Å². The Morgan fingerprint density at radius 2 is 1.97 bits per heavy atom. The van der Waals surface area contributed by atoms with E-state index in [0.717, 1.165) is 24.7 Å². The average Bonchev–Trinajstić information content (AvgIpc) is 3.57. The summed E-state index contributed by atoms with van der Waals surface area (Å²) in [6.07, 6.45) is 6.99. The van der Waals surface area contributed by atoms with Gasteiger partial charge in [-0.05, 0) is 68.6 Å². The molecule has 1 heterocycles. The van der Waals surface area contributed by atoms with Crippen LogP contribution in [0.1, 0.15) is 66.2 Å². The number of aldehydes is 1. The maximum absolute atomic E-state index is 13.5. The number of allylic oxidation sites excluding steroid dienone is 1. The van der Waals surface area contributed by atoms with Gasteiger partial charge in [-0.1, -0.05) is 38.8 Å². The summed E-state index contributed by atoms with van der Waals surface area (Å²) in [5, 5.41) is 10.8. The minimum atomic E-state index is -3.39. The van der Waals surface area contributed by atoms with Crippen molar-refractivity contribution in [2.24, 2.45) is 45.8 Å². The van der Waals surface area contributed by atoms with Crippen LogP contribution in [0, 0.1) is 45.8 Å². The average molecular weight is 536 g/mol. The highest BCUT2D eigenvalue weighted by atomic mass is 32.2. The van der Waals surface area contributed by atoms with Crippen molar-refractivity contribution in [1.82, 2.24) is 4.31 Å². The van der Waals surface area contributed by atoms with Crippen molar-refractivity contribution < 1.29 is 32.6 Å². The van der Waals surface area contributed by atoms with E-state index in [0.29, 0.717) is 31.6 Å². The molecule has 4 saturated carbocycles. The van der Waals surface area contributed by atoms with Gasteiger partial charge in [-0.3, -0.25) is 4.79 Å². The molecule has 1 aliphatic heterocycles. The Morgan fingerprint density at radius 1 is 1.24 bits per heavy atom. The largest absolute Gasteiger partial charge is 0.481 e. The molecule has 6 aliphatic rings. The van der Waals surface area contributed by atoms with Crippen molar-refractivity contribution >= 4 is 22.3 Å². The first-order valence-electron chi connectivity index (χ1n) is 14.1. The number of nitrogens with zero attached hydrogens (tertiary/aromatic N) is 1. The normalized spacial score (nSPS) is 47.2. The molecule has 0 spiro atoms. The monoisotopic (exact) mass is 535 g/mol. The van der Waals surface area contributed by atoms with E-state index in [9.17, 15) is 23.1 Å². The first kappa shape index (κ1) is 26.0. The smallest absolute Gasteiger partial charge is 0.315 e. The number of carbonyl (C=O) groups excluding carboxylic acids is 1. The highest BCUT2D eigenvalue weighted by Gasteiger charge is 2.84. The molecule has 4 bridgehead atoms. The van der Waals surface area contributed by atoms with E-state index in [2.05, 4.69) is 13.0 Å². The molecule has 5 aliphatic carbocycles. The number of ether oxygens (including phenoxy) is 2. The molecule has 0 aromatic carbocycles. The third kappa shape index (κ3) is 3.14. The Bertz CT molecular complexity index is 1130. The molecule has 206 valence electrons. The van der Waals surface area contributed by atoms with E-state index in [1.807, 2.05) is 20.8 Å². The summed E-state index contributed by atoms with van der Waals surface area (Å²) < 4.78 is 40.0. The van der Waals surface area contributed by atoms with Gasteiger partial charge in [0, 0.05) is 11.5 Å². The van der Waals surface area contributed by atoms with Crippen LogP contribution < -0.4 is 0 Å². The van der Waals surface area contributed by atoms with Gasteiger partial charge in [-0.2, -0.15) is 4.31 Å². The Hall–Kier alpha value is -1.29. The van der Waals surface area contributed by atoms with Crippen LogP contribution in [0.3, 0.4) is 0 Å². The number of carboxylic acid groups (broad SMARTS) is 1. The number of hydrogen-bond donors (Lipinski definition) is 1. The molecule has 0 aromatic heterocycles. The van der Waals surface area contributed by atoms with Crippen molar-refractivity contribution in [1.29, 1.82) is 0 Å². The van der Waals surface area contributed by atoms with E-state index in [4.69, 9.17) is 9.47 Å². The molecule has 0 amide bonds. The number of hydrogen-bond acceptors (Lipinski definition) is 6. The third-order valence-electron chi connectivity index (χ3n) is 11.3. The lowest BCUT2D eigenvalue weighted by molar-refractivity contribution is -0.221. The standard InChI is InChI=1S/C28H41NO7S/c1-16(2)23-9-19-10-26(14-30)22-8-5-17(3)21(22)11-27(19,28(23,26)25(31)32)15-36-24-12-29(18(4)13-35-24)37(33,34)20-6-7-20/h9,14,16-22,24H,5-8,10-13,15H2,1-4H3,(H,31,32)/t17-,18?,19+,21-,22-,24+,26+,27+,28+/m1/s1. The van der Waals surface area contributed by atoms with Gasteiger partial charge in [0.05, 0.1) is 30.4 Å². The van der Waals surface area contributed by atoms with Crippen LogP contribution in [-0.2, 0) is 29.1 Å². The van der Waals surface area contributed by atoms with E-state index in [-0.39, 0.29) is 54.7 Å². The molecule has 1 saturated heterocycles. The predicted molar refractivity (Wildman–Crippen MR) is 136 cm³/mol. The zero-order valence-electron chi connectivity index (χ0n) is 22.4. The molecule has 0 radical (unpaired) electrons. The Kier molecular flexibility index (Phi) is 5.86. The van der Waals surface area contributed by atoms with Crippen molar-refractivity contribution in [2.45, 2.75) is 83.8 Å². The van der Waals surface area contributed by atoms with Crippen LogP contribution in [0.4, 0.5) is 0 Å². The number of morpholine rings is 1. The molecular weight excluding hydrogens is 494 g/mol. The van der Waals surface area contributed by atoms with Crippen molar-refractivity contribution in [3.05, 3.63) is 11.6 Å². The quantitative estimate of drug-likeness (QED) is 0.374. The van der Waals surface area contributed by atoms with Crippen LogP contribution >= 0.6 is 0 Å². The van der Waals surface area contributed by atoms with Gasteiger partial charge in [0.2, 0.25) is 10.0 Å². The number of carboxylic acids is 1. The molecule has 9 heteroatoms.